The van der Waals surface area contributed by atoms with E-state index in [0.29, 0.717) is 10.7 Å². The molecule has 1 fully saturated rings. The van der Waals surface area contributed by atoms with Gasteiger partial charge in [-0.05, 0) is 50.6 Å². The van der Waals surface area contributed by atoms with Crippen molar-refractivity contribution in [2.24, 2.45) is 5.92 Å². The molecule has 0 bridgehead atoms. The molecule has 1 saturated heterocycles. The Morgan fingerprint density at radius 1 is 1.44 bits per heavy atom. The van der Waals surface area contributed by atoms with Gasteiger partial charge in [-0.15, -0.1) is 11.3 Å². The predicted octanol–water partition coefficient (Wildman–Crippen LogP) is 3.92. The summed E-state index contributed by atoms with van der Waals surface area (Å²) in [5.41, 5.74) is 1.49. The van der Waals surface area contributed by atoms with Crippen LogP contribution in [0, 0.1) is 5.92 Å². The van der Waals surface area contributed by atoms with Crippen molar-refractivity contribution < 1.29 is 9.90 Å². The van der Waals surface area contributed by atoms with Gasteiger partial charge in [-0.2, -0.15) is 0 Å². The summed E-state index contributed by atoms with van der Waals surface area (Å²) in [6.07, 6.45) is 2.58. The monoisotopic (exact) mass is 379 g/mol. The molecular weight excluding hydrogens is 358 g/mol. The van der Waals surface area contributed by atoms with Gasteiger partial charge >= 0.3 is 0 Å². The number of hydrogen-bond acceptors (Lipinski definition) is 5. The maximum Gasteiger partial charge on any atom is 0.227 e. The SMILES string of the molecule is CCc1nc(CN2CCC(C(=O)Nc3cc(Cl)ccc3O)CC2)cs1. The normalized spacial score (nSPS) is 16.1. The number of nitrogens with zero attached hydrogens (tertiary/aromatic N) is 2. The molecule has 3 rings (SSSR count). The number of phenols is 1. The average Bonchev–Trinajstić information content (AvgIpc) is 3.06. The summed E-state index contributed by atoms with van der Waals surface area (Å²) < 4.78 is 0. The number of amides is 1. The Kier molecular flexibility index (Phi) is 5.93. The van der Waals surface area contributed by atoms with Crippen LogP contribution in [-0.4, -0.2) is 34.0 Å². The fourth-order valence-corrected chi connectivity index (χ4v) is 3.92. The molecule has 7 heteroatoms. The molecule has 1 aliphatic heterocycles. The van der Waals surface area contributed by atoms with Gasteiger partial charge in [0.25, 0.3) is 0 Å². The Labute approximate surface area is 156 Å². The second kappa shape index (κ2) is 8.17. The number of halogens is 1. The third kappa shape index (κ3) is 4.71. The van der Waals surface area contributed by atoms with Crippen molar-refractivity contribution in [3.63, 3.8) is 0 Å². The van der Waals surface area contributed by atoms with Gasteiger partial charge in [0.1, 0.15) is 5.75 Å². The van der Waals surface area contributed by atoms with Gasteiger partial charge in [0.2, 0.25) is 5.91 Å². The predicted molar refractivity (Wildman–Crippen MR) is 101 cm³/mol. The first-order valence-corrected chi connectivity index (χ1v) is 9.76. The molecular formula is C18H22ClN3O2S. The zero-order valence-electron chi connectivity index (χ0n) is 14.2. The van der Waals surface area contributed by atoms with Crippen molar-refractivity contribution in [2.45, 2.75) is 32.7 Å². The van der Waals surface area contributed by atoms with Crippen LogP contribution in [0.2, 0.25) is 5.02 Å². The molecule has 25 heavy (non-hydrogen) atoms. The van der Waals surface area contributed by atoms with Crippen molar-refractivity contribution in [2.75, 3.05) is 18.4 Å². The largest absolute Gasteiger partial charge is 0.506 e. The average molecular weight is 380 g/mol. The van der Waals surface area contributed by atoms with Gasteiger partial charge < -0.3 is 10.4 Å². The fourth-order valence-electron chi connectivity index (χ4n) is 3.01. The topological polar surface area (TPSA) is 65.5 Å². The summed E-state index contributed by atoms with van der Waals surface area (Å²) in [6.45, 7) is 4.71. The molecule has 1 aliphatic rings. The third-order valence-electron chi connectivity index (χ3n) is 4.46. The highest BCUT2D eigenvalue weighted by atomic mass is 35.5. The van der Waals surface area contributed by atoms with Crippen LogP contribution in [0.5, 0.6) is 5.75 Å². The molecule has 0 saturated carbocycles. The number of aromatic nitrogens is 1. The number of nitrogens with one attached hydrogen (secondary N) is 1. The fraction of sp³-hybridized carbons (Fsp3) is 0.444. The van der Waals surface area contributed by atoms with E-state index in [9.17, 15) is 9.90 Å². The number of benzene rings is 1. The number of likely N-dealkylation sites (tertiary alicyclic amines) is 1. The first-order valence-electron chi connectivity index (χ1n) is 8.50. The van der Waals surface area contributed by atoms with Crippen LogP contribution < -0.4 is 5.32 Å². The van der Waals surface area contributed by atoms with Crippen molar-refractivity contribution >= 4 is 34.5 Å². The highest BCUT2D eigenvalue weighted by molar-refractivity contribution is 7.09. The van der Waals surface area contributed by atoms with E-state index in [0.717, 1.165) is 44.6 Å². The summed E-state index contributed by atoms with van der Waals surface area (Å²) in [5, 5.41) is 16.4. The van der Waals surface area contributed by atoms with E-state index in [4.69, 9.17) is 11.6 Å². The summed E-state index contributed by atoms with van der Waals surface area (Å²) in [6, 6.07) is 4.64. The van der Waals surface area contributed by atoms with E-state index in [1.165, 1.54) is 11.1 Å². The number of rotatable bonds is 5. The molecule has 0 atom stereocenters. The van der Waals surface area contributed by atoms with Crippen LogP contribution in [0.1, 0.15) is 30.5 Å². The summed E-state index contributed by atoms with van der Waals surface area (Å²) in [5.74, 6) is -0.0686. The molecule has 1 aromatic heterocycles. The first-order chi connectivity index (χ1) is 12.0. The van der Waals surface area contributed by atoms with Crippen LogP contribution in [0.4, 0.5) is 5.69 Å². The molecule has 5 nitrogen and oxygen atoms in total. The quantitative estimate of drug-likeness (QED) is 0.773. The number of carbonyl (C=O) groups excluding carboxylic acids is 1. The molecule has 1 amide bonds. The molecule has 2 heterocycles. The number of carbonyl (C=O) groups is 1. The Hall–Kier alpha value is -1.63. The van der Waals surface area contributed by atoms with Crippen molar-refractivity contribution in [1.82, 2.24) is 9.88 Å². The molecule has 2 N–H and O–H groups in total. The zero-order valence-corrected chi connectivity index (χ0v) is 15.7. The minimum Gasteiger partial charge on any atom is -0.506 e. The van der Waals surface area contributed by atoms with Gasteiger partial charge in [-0.25, -0.2) is 4.98 Å². The summed E-state index contributed by atoms with van der Waals surface area (Å²) >= 11 is 7.63. The number of piperidine rings is 1. The summed E-state index contributed by atoms with van der Waals surface area (Å²) in [4.78, 5) is 19.4. The van der Waals surface area contributed by atoms with E-state index in [2.05, 4.69) is 27.5 Å². The highest BCUT2D eigenvalue weighted by Crippen LogP contribution is 2.28. The Morgan fingerprint density at radius 3 is 2.88 bits per heavy atom. The van der Waals surface area contributed by atoms with Crippen LogP contribution in [0.3, 0.4) is 0 Å². The van der Waals surface area contributed by atoms with E-state index in [1.54, 1.807) is 23.5 Å². The van der Waals surface area contributed by atoms with Crippen molar-refractivity contribution in [3.8, 4) is 5.75 Å². The Morgan fingerprint density at radius 2 is 2.20 bits per heavy atom. The molecule has 1 aromatic carbocycles. The van der Waals surface area contributed by atoms with E-state index < -0.39 is 0 Å². The molecule has 0 aliphatic carbocycles. The minimum absolute atomic E-state index is 0.0328. The van der Waals surface area contributed by atoms with Gasteiger partial charge in [-0.3, -0.25) is 9.69 Å². The van der Waals surface area contributed by atoms with Crippen LogP contribution in [0.15, 0.2) is 23.6 Å². The number of phenolic OH excluding ortho intramolecular Hbond substituents is 1. The molecule has 0 unspecified atom stereocenters. The lowest BCUT2D eigenvalue weighted by Crippen LogP contribution is -2.37. The lowest BCUT2D eigenvalue weighted by molar-refractivity contribution is -0.121. The first kappa shape index (κ1) is 18.2. The number of anilines is 1. The minimum atomic E-state index is -0.0563. The van der Waals surface area contributed by atoms with E-state index in [1.807, 2.05) is 0 Å². The van der Waals surface area contributed by atoms with Gasteiger partial charge in [-0.1, -0.05) is 18.5 Å². The van der Waals surface area contributed by atoms with Crippen molar-refractivity contribution in [3.05, 3.63) is 39.3 Å². The van der Waals surface area contributed by atoms with Crippen LogP contribution >= 0.6 is 22.9 Å². The highest BCUT2D eigenvalue weighted by Gasteiger charge is 2.26. The van der Waals surface area contributed by atoms with Gasteiger partial charge in [0.05, 0.1) is 16.4 Å². The Bertz CT molecular complexity index is 742. The second-order valence-corrected chi connectivity index (χ2v) is 7.67. The van der Waals surface area contributed by atoms with E-state index >= 15 is 0 Å². The second-order valence-electron chi connectivity index (χ2n) is 6.29. The Balaban J connectivity index is 1.51. The maximum atomic E-state index is 12.4. The number of hydrogen-bond donors (Lipinski definition) is 2. The smallest absolute Gasteiger partial charge is 0.227 e. The van der Waals surface area contributed by atoms with Gasteiger partial charge in [0.15, 0.2) is 0 Å². The number of aryl methyl sites for hydroxylation is 1. The standard InChI is InChI=1S/C18H22ClN3O2S/c1-2-17-20-14(11-25-17)10-22-7-5-12(6-8-22)18(24)21-15-9-13(19)3-4-16(15)23/h3-4,9,11-12,23H,2,5-8,10H2,1H3,(H,21,24). The lowest BCUT2D eigenvalue weighted by atomic mass is 9.95. The van der Waals surface area contributed by atoms with Crippen LogP contribution in [-0.2, 0) is 17.8 Å². The zero-order chi connectivity index (χ0) is 17.8. The molecule has 0 spiro atoms. The van der Waals surface area contributed by atoms with E-state index in [-0.39, 0.29) is 17.6 Å². The lowest BCUT2D eigenvalue weighted by Gasteiger charge is -2.30. The molecule has 0 radical (unpaired) electrons. The molecule has 2 aromatic rings. The van der Waals surface area contributed by atoms with Gasteiger partial charge in [0, 0.05) is 22.9 Å². The number of thiazole rings is 1. The van der Waals surface area contributed by atoms with Crippen molar-refractivity contribution in [1.29, 1.82) is 0 Å². The number of aromatic hydroxyl groups is 1. The maximum absolute atomic E-state index is 12.4. The van der Waals surface area contributed by atoms with Crippen LogP contribution in [0.25, 0.3) is 0 Å². The third-order valence-corrected chi connectivity index (χ3v) is 5.74. The molecule has 134 valence electrons. The summed E-state index contributed by atoms with van der Waals surface area (Å²) in [7, 11) is 0.